The van der Waals surface area contributed by atoms with Crippen LogP contribution in [-0.4, -0.2) is 27.3 Å². The van der Waals surface area contributed by atoms with E-state index in [1.807, 2.05) is 43.5 Å². The molecular formula is C20H18ClN3O2S2. The first kappa shape index (κ1) is 20.5. The summed E-state index contributed by atoms with van der Waals surface area (Å²) in [6, 6.07) is 14.6. The van der Waals surface area contributed by atoms with Crippen LogP contribution >= 0.6 is 35.1 Å². The number of nitrogens with one attached hydrogen (secondary N) is 1. The number of halogens is 1. The fraction of sp³-hybridized carbons (Fsp3) is 0.150. The molecule has 0 spiro atoms. The molecule has 28 heavy (non-hydrogen) atoms. The highest BCUT2D eigenvalue weighted by atomic mass is 35.5. The predicted octanol–water partition coefficient (Wildman–Crippen LogP) is 5.89. The fourth-order valence-corrected chi connectivity index (χ4v) is 4.14. The zero-order chi connectivity index (χ0) is 20.1. The van der Waals surface area contributed by atoms with Crippen molar-refractivity contribution in [2.45, 2.75) is 22.7 Å². The summed E-state index contributed by atoms with van der Waals surface area (Å²) in [5, 5.41) is 13.9. The molecule has 0 aliphatic rings. The first-order chi connectivity index (χ1) is 13.5. The number of carboxylic acids is 1. The fourth-order valence-electron chi connectivity index (χ4n) is 2.51. The van der Waals surface area contributed by atoms with Crippen molar-refractivity contribution in [2.75, 3.05) is 11.6 Å². The molecule has 0 bridgehead atoms. The molecule has 1 aromatic heterocycles. The molecule has 8 heteroatoms. The summed E-state index contributed by atoms with van der Waals surface area (Å²) >= 11 is 9.23. The van der Waals surface area contributed by atoms with Gasteiger partial charge >= 0.3 is 5.97 Å². The monoisotopic (exact) mass is 431 g/mol. The number of aromatic carboxylic acids is 1. The third-order valence-corrected chi connectivity index (χ3v) is 5.86. The van der Waals surface area contributed by atoms with Crippen LogP contribution in [0.3, 0.4) is 0 Å². The summed E-state index contributed by atoms with van der Waals surface area (Å²) in [7, 11) is 0. The molecule has 0 amide bonds. The number of rotatable bonds is 7. The Kier molecular flexibility index (Phi) is 6.83. The van der Waals surface area contributed by atoms with Gasteiger partial charge in [0.15, 0.2) is 5.16 Å². The quantitative estimate of drug-likeness (QED) is 0.356. The van der Waals surface area contributed by atoms with E-state index in [-0.39, 0.29) is 5.56 Å². The third-order valence-electron chi connectivity index (χ3n) is 3.87. The number of nitrogens with zero attached hydrogens (tertiary/aromatic N) is 2. The van der Waals surface area contributed by atoms with Crippen molar-refractivity contribution < 1.29 is 9.90 Å². The van der Waals surface area contributed by atoms with Crippen molar-refractivity contribution in [3.05, 3.63) is 70.4 Å². The van der Waals surface area contributed by atoms with E-state index in [0.29, 0.717) is 27.4 Å². The lowest BCUT2D eigenvalue weighted by Gasteiger charge is -2.12. The summed E-state index contributed by atoms with van der Waals surface area (Å²) in [5.74, 6) is 0.203. The highest BCUT2D eigenvalue weighted by Gasteiger charge is 2.13. The number of anilines is 2. The van der Waals surface area contributed by atoms with Crippen molar-refractivity contribution in [3.63, 3.8) is 0 Å². The summed E-state index contributed by atoms with van der Waals surface area (Å²) in [6.45, 7) is 1.88. The van der Waals surface area contributed by atoms with Gasteiger partial charge < -0.3 is 10.4 Å². The molecule has 0 fully saturated rings. The molecule has 0 saturated heterocycles. The van der Waals surface area contributed by atoms with Gasteiger partial charge in [-0.05, 0) is 43.0 Å². The molecular weight excluding hydrogens is 414 g/mol. The van der Waals surface area contributed by atoms with Crippen LogP contribution in [0.2, 0.25) is 5.02 Å². The van der Waals surface area contributed by atoms with Crippen LogP contribution in [-0.2, 0) is 5.75 Å². The van der Waals surface area contributed by atoms with Gasteiger partial charge in [-0.25, -0.2) is 14.8 Å². The van der Waals surface area contributed by atoms with Crippen LogP contribution in [0.15, 0.2) is 58.6 Å². The number of hydrogen-bond acceptors (Lipinski definition) is 6. The number of aryl methyl sites for hydroxylation is 1. The van der Waals surface area contributed by atoms with E-state index in [0.717, 1.165) is 16.2 Å². The van der Waals surface area contributed by atoms with Crippen molar-refractivity contribution in [2.24, 2.45) is 0 Å². The highest BCUT2D eigenvalue weighted by molar-refractivity contribution is 7.98. The standard InChI is InChI=1S/C20H18ClN3O2S2/c1-12-9-18(23-17-10-14(27-2)7-8-15(17)19(25)26)24-20(22-12)28-11-13-5-3-4-6-16(13)21/h3-10H,11H2,1-2H3,(H,25,26)(H,22,23,24). The van der Waals surface area contributed by atoms with Crippen LogP contribution in [0.25, 0.3) is 0 Å². The second-order valence-electron chi connectivity index (χ2n) is 5.90. The topological polar surface area (TPSA) is 75.1 Å². The maximum atomic E-state index is 11.5. The first-order valence-corrected chi connectivity index (χ1v) is 11.0. The Bertz CT molecular complexity index is 1010. The Balaban J connectivity index is 1.84. The van der Waals surface area contributed by atoms with Crippen LogP contribution in [0.1, 0.15) is 21.6 Å². The highest BCUT2D eigenvalue weighted by Crippen LogP contribution is 2.28. The van der Waals surface area contributed by atoms with Crippen molar-refractivity contribution in [1.29, 1.82) is 0 Å². The average Bonchev–Trinajstić information content (AvgIpc) is 2.66. The molecule has 0 aliphatic heterocycles. The van der Waals surface area contributed by atoms with E-state index in [4.69, 9.17) is 11.6 Å². The summed E-state index contributed by atoms with van der Waals surface area (Å²) < 4.78 is 0. The zero-order valence-corrected chi connectivity index (χ0v) is 17.7. The molecule has 0 radical (unpaired) electrons. The van der Waals surface area contributed by atoms with Crippen molar-refractivity contribution >= 4 is 52.6 Å². The number of benzene rings is 2. The third kappa shape index (κ3) is 5.19. The lowest BCUT2D eigenvalue weighted by atomic mass is 10.2. The largest absolute Gasteiger partial charge is 0.478 e. The van der Waals surface area contributed by atoms with Gasteiger partial charge in [-0.3, -0.25) is 0 Å². The molecule has 0 aliphatic carbocycles. The van der Waals surface area contributed by atoms with Gasteiger partial charge in [0.1, 0.15) is 5.82 Å². The second-order valence-corrected chi connectivity index (χ2v) is 8.13. The lowest BCUT2D eigenvalue weighted by molar-refractivity contribution is 0.0698. The number of carboxylic acid groups (broad SMARTS) is 1. The molecule has 2 N–H and O–H groups in total. The molecule has 3 aromatic rings. The lowest BCUT2D eigenvalue weighted by Crippen LogP contribution is -2.05. The Morgan fingerprint density at radius 3 is 2.68 bits per heavy atom. The predicted molar refractivity (Wildman–Crippen MR) is 116 cm³/mol. The van der Waals surface area contributed by atoms with Gasteiger partial charge in [-0.1, -0.05) is 41.6 Å². The van der Waals surface area contributed by atoms with Crippen LogP contribution in [0.5, 0.6) is 0 Å². The Morgan fingerprint density at radius 1 is 1.18 bits per heavy atom. The van der Waals surface area contributed by atoms with Gasteiger partial charge in [0, 0.05) is 27.4 Å². The van der Waals surface area contributed by atoms with Crippen molar-refractivity contribution in [3.8, 4) is 0 Å². The molecule has 0 saturated carbocycles. The zero-order valence-electron chi connectivity index (χ0n) is 15.3. The van der Waals surface area contributed by atoms with E-state index in [9.17, 15) is 9.90 Å². The second kappa shape index (κ2) is 9.32. The molecule has 1 heterocycles. The molecule has 5 nitrogen and oxygen atoms in total. The minimum atomic E-state index is -0.991. The Morgan fingerprint density at radius 2 is 1.96 bits per heavy atom. The van der Waals surface area contributed by atoms with E-state index in [2.05, 4.69) is 15.3 Å². The summed E-state index contributed by atoms with van der Waals surface area (Å²) in [4.78, 5) is 21.5. The van der Waals surface area contributed by atoms with Crippen molar-refractivity contribution in [1.82, 2.24) is 9.97 Å². The molecule has 2 aromatic carbocycles. The number of carbonyl (C=O) groups is 1. The molecule has 0 unspecified atom stereocenters. The summed E-state index contributed by atoms with van der Waals surface area (Å²) in [5.41, 5.74) is 2.49. The normalized spacial score (nSPS) is 10.7. The smallest absolute Gasteiger partial charge is 0.337 e. The van der Waals surface area contributed by atoms with Crippen LogP contribution in [0, 0.1) is 6.92 Å². The van der Waals surface area contributed by atoms with Gasteiger partial charge in [0.2, 0.25) is 0 Å². The maximum absolute atomic E-state index is 11.5. The van der Waals surface area contributed by atoms with E-state index < -0.39 is 5.97 Å². The van der Waals surface area contributed by atoms with E-state index in [1.54, 1.807) is 30.0 Å². The molecule has 3 rings (SSSR count). The minimum absolute atomic E-state index is 0.194. The number of aromatic nitrogens is 2. The van der Waals surface area contributed by atoms with Gasteiger partial charge in [0.25, 0.3) is 0 Å². The summed E-state index contributed by atoms with van der Waals surface area (Å²) in [6.07, 6.45) is 1.94. The van der Waals surface area contributed by atoms with E-state index in [1.165, 1.54) is 11.8 Å². The van der Waals surface area contributed by atoms with Gasteiger partial charge in [0.05, 0.1) is 11.3 Å². The van der Waals surface area contributed by atoms with Crippen LogP contribution < -0.4 is 5.32 Å². The maximum Gasteiger partial charge on any atom is 0.337 e. The molecule has 0 atom stereocenters. The van der Waals surface area contributed by atoms with Gasteiger partial charge in [-0.15, -0.1) is 11.8 Å². The molecule has 144 valence electrons. The Hall–Kier alpha value is -2.22. The number of thioether (sulfide) groups is 2. The Labute approximate surface area is 176 Å². The first-order valence-electron chi connectivity index (χ1n) is 8.36. The number of hydrogen-bond donors (Lipinski definition) is 2. The SMILES string of the molecule is CSc1ccc(C(=O)O)c(Nc2cc(C)nc(SCc3ccccc3Cl)n2)c1. The van der Waals surface area contributed by atoms with Gasteiger partial charge in [-0.2, -0.15) is 0 Å². The van der Waals surface area contributed by atoms with E-state index >= 15 is 0 Å². The minimum Gasteiger partial charge on any atom is -0.478 e. The average molecular weight is 432 g/mol. The van der Waals surface area contributed by atoms with Crippen LogP contribution in [0.4, 0.5) is 11.5 Å².